The fourth-order valence-electron chi connectivity index (χ4n) is 1.58. The van der Waals surface area contributed by atoms with Gasteiger partial charge in [-0.15, -0.1) is 0 Å². The van der Waals surface area contributed by atoms with E-state index in [-0.39, 0.29) is 0 Å². The highest BCUT2D eigenvalue weighted by atomic mass is 15.2. The van der Waals surface area contributed by atoms with Crippen LogP contribution in [0.2, 0.25) is 0 Å². The van der Waals surface area contributed by atoms with E-state index < -0.39 is 0 Å². The molecule has 2 N–H and O–H groups in total. The molecular weight excluding hydrogens is 160 g/mol. The first-order valence-electron chi connectivity index (χ1n) is 4.89. The van der Waals surface area contributed by atoms with Crippen LogP contribution in [0.5, 0.6) is 0 Å². The number of benzene rings is 1. The normalized spacial score (nSPS) is 17.0. The van der Waals surface area contributed by atoms with Crippen LogP contribution in [-0.2, 0) is 13.1 Å². The molecule has 70 valence electrons. The maximum Gasteiger partial charge on any atom is 0.0233 e. The molecule has 0 unspecified atom stereocenters. The second-order valence-corrected chi connectivity index (χ2v) is 3.65. The molecule has 1 aromatic rings. The van der Waals surface area contributed by atoms with E-state index in [1.54, 1.807) is 0 Å². The van der Waals surface area contributed by atoms with Gasteiger partial charge in [-0.1, -0.05) is 24.3 Å². The SMILES string of the molecule is NCc1ccc(CN2CCC2)cc1. The summed E-state index contributed by atoms with van der Waals surface area (Å²) in [6, 6.07) is 8.60. The van der Waals surface area contributed by atoms with E-state index in [4.69, 9.17) is 5.73 Å². The minimum atomic E-state index is 0.643. The van der Waals surface area contributed by atoms with Crippen LogP contribution in [0.25, 0.3) is 0 Å². The molecule has 1 heterocycles. The van der Waals surface area contributed by atoms with Gasteiger partial charge in [-0.25, -0.2) is 0 Å². The van der Waals surface area contributed by atoms with Gasteiger partial charge in [-0.2, -0.15) is 0 Å². The molecule has 2 rings (SSSR count). The van der Waals surface area contributed by atoms with E-state index >= 15 is 0 Å². The molecule has 0 spiro atoms. The maximum absolute atomic E-state index is 5.53. The number of nitrogens with zero attached hydrogens (tertiary/aromatic N) is 1. The molecule has 1 aromatic carbocycles. The zero-order valence-electron chi connectivity index (χ0n) is 7.87. The predicted octanol–water partition coefficient (Wildman–Crippen LogP) is 1.35. The van der Waals surface area contributed by atoms with Gasteiger partial charge >= 0.3 is 0 Å². The Morgan fingerprint density at radius 1 is 1.08 bits per heavy atom. The quantitative estimate of drug-likeness (QED) is 0.753. The third kappa shape index (κ3) is 2.08. The van der Waals surface area contributed by atoms with Gasteiger partial charge in [0.1, 0.15) is 0 Å². The van der Waals surface area contributed by atoms with Crippen molar-refractivity contribution in [1.29, 1.82) is 0 Å². The van der Waals surface area contributed by atoms with Gasteiger partial charge in [-0.3, -0.25) is 4.90 Å². The molecule has 0 radical (unpaired) electrons. The van der Waals surface area contributed by atoms with Crippen LogP contribution in [0.4, 0.5) is 0 Å². The second kappa shape index (κ2) is 3.90. The Bertz CT molecular complexity index is 262. The van der Waals surface area contributed by atoms with E-state index in [9.17, 15) is 0 Å². The first-order valence-corrected chi connectivity index (χ1v) is 4.89. The van der Waals surface area contributed by atoms with Crippen LogP contribution in [0, 0.1) is 0 Å². The van der Waals surface area contributed by atoms with Crippen molar-refractivity contribution in [2.45, 2.75) is 19.5 Å². The van der Waals surface area contributed by atoms with E-state index in [2.05, 4.69) is 29.2 Å². The van der Waals surface area contributed by atoms with Crippen molar-refractivity contribution in [2.75, 3.05) is 13.1 Å². The molecule has 0 bridgehead atoms. The van der Waals surface area contributed by atoms with Crippen molar-refractivity contribution in [3.63, 3.8) is 0 Å². The van der Waals surface area contributed by atoms with Crippen LogP contribution in [0.3, 0.4) is 0 Å². The van der Waals surface area contributed by atoms with Crippen molar-refractivity contribution in [1.82, 2.24) is 4.90 Å². The largest absolute Gasteiger partial charge is 0.326 e. The van der Waals surface area contributed by atoms with Crippen LogP contribution in [0.1, 0.15) is 17.5 Å². The Morgan fingerprint density at radius 3 is 2.15 bits per heavy atom. The monoisotopic (exact) mass is 176 g/mol. The van der Waals surface area contributed by atoms with Crippen LogP contribution in [0.15, 0.2) is 24.3 Å². The Balaban J connectivity index is 1.96. The second-order valence-electron chi connectivity index (χ2n) is 3.65. The fraction of sp³-hybridized carbons (Fsp3) is 0.455. The van der Waals surface area contributed by atoms with Gasteiger partial charge in [0, 0.05) is 13.1 Å². The first kappa shape index (κ1) is 8.73. The summed E-state index contributed by atoms with van der Waals surface area (Å²) in [6.45, 7) is 4.27. The van der Waals surface area contributed by atoms with E-state index in [0.717, 1.165) is 6.54 Å². The van der Waals surface area contributed by atoms with Crippen molar-refractivity contribution in [2.24, 2.45) is 5.73 Å². The van der Waals surface area contributed by atoms with Gasteiger partial charge < -0.3 is 5.73 Å². The van der Waals surface area contributed by atoms with Crippen molar-refractivity contribution in [3.05, 3.63) is 35.4 Å². The van der Waals surface area contributed by atoms with Crippen molar-refractivity contribution in [3.8, 4) is 0 Å². The highest BCUT2D eigenvalue weighted by Gasteiger charge is 2.12. The number of likely N-dealkylation sites (tertiary alicyclic amines) is 1. The highest BCUT2D eigenvalue weighted by Crippen LogP contribution is 2.12. The average molecular weight is 176 g/mol. The molecule has 0 aliphatic carbocycles. The molecule has 1 fully saturated rings. The summed E-state index contributed by atoms with van der Waals surface area (Å²) >= 11 is 0. The summed E-state index contributed by atoms with van der Waals surface area (Å²) < 4.78 is 0. The molecule has 1 saturated heterocycles. The molecule has 0 aromatic heterocycles. The molecule has 0 saturated carbocycles. The summed E-state index contributed by atoms with van der Waals surface area (Å²) in [4.78, 5) is 2.46. The molecule has 1 aliphatic heterocycles. The standard InChI is InChI=1S/C11H16N2/c12-8-10-2-4-11(5-3-10)9-13-6-1-7-13/h2-5H,1,6-9,12H2. The Hall–Kier alpha value is -0.860. The lowest BCUT2D eigenvalue weighted by Crippen LogP contribution is -2.36. The van der Waals surface area contributed by atoms with Crippen LogP contribution in [-0.4, -0.2) is 18.0 Å². The summed E-state index contributed by atoms with van der Waals surface area (Å²) in [5.74, 6) is 0. The molecule has 0 amide bonds. The number of hydrogen-bond acceptors (Lipinski definition) is 2. The number of nitrogens with two attached hydrogens (primary N) is 1. The van der Waals surface area contributed by atoms with Crippen LogP contribution >= 0.6 is 0 Å². The zero-order chi connectivity index (χ0) is 9.10. The van der Waals surface area contributed by atoms with Gasteiger partial charge in [0.2, 0.25) is 0 Å². The molecule has 13 heavy (non-hydrogen) atoms. The van der Waals surface area contributed by atoms with E-state index in [1.165, 1.54) is 30.6 Å². The van der Waals surface area contributed by atoms with Crippen LogP contribution < -0.4 is 5.73 Å². The summed E-state index contributed by atoms with van der Waals surface area (Å²) in [6.07, 6.45) is 1.36. The number of rotatable bonds is 3. The lowest BCUT2D eigenvalue weighted by Gasteiger charge is -2.30. The third-order valence-corrected chi connectivity index (χ3v) is 2.61. The van der Waals surface area contributed by atoms with Crippen molar-refractivity contribution >= 4 is 0 Å². The molecule has 1 aliphatic rings. The fourth-order valence-corrected chi connectivity index (χ4v) is 1.58. The lowest BCUT2D eigenvalue weighted by atomic mass is 10.1. The van der Waals surface area contributed by atoms with Gasteiger partial charge in [0.25, 0.3) is 0 Å². The minimum absolute atomic E-state index is 0.643. The minimum Gasteiger partial charge on any atom is -0.326 e. The molecule has 2 nitrogen and oxygen atoms in total. The smallest absolute Gasteiger partial charge is 0.0233 e. The molecule has 0 atom stereocenters. The van der Waals surface area contributed by atoms with E-state index in [1.807, 2.05) is 0 Å². The Morgan fingerprint density at radius 2 is 1.69 bits per heavy atom. The van der Waals surface area contributed by atoms with Gasteiger partial charge in [0.15, 0.2) is 0 Å². The van der Waals surface area contributed by atoms with E-state index in [0.29, 0.717) is 6.54 Å². The summed E-state index contributed by atoms with van der Waals surface area (Å²) in [5.41, 5.74) is 8.14. The number of hydrogen-bond donors (Lipinski definition) is 1. The Labute approximate surface area is 79.4 Å². The zero-order valence-corrected chi connectivity index (χ0v) is 7.87. The maximum atomic E-state index is 5.53. The lowest BCUT2D eigenvalue weighted by molar-refractivity contribution is 0.172. The third-order valence-electron chi connectivity index (χ3n) is 2.61. The summed E-state index contributed by atoms with van der Waals surface area (Å²) in [5, 5.41) is 0. The van der Waals surface area contributed by atoms with Gasteiger partial charge in [-0.05, 0) is 30.6 Å². The first-order chi connectivity index (χ1) is 6.38. The predicted molar refractivity (Wildman–Crippen MR) is 54.2 cm³/mol. The Kier molecular flexibility index (Phi) is 2.62. The van der Waals surface area contributed by atoms with Crippen molar-refractivity contribution < 1.29 is 0 Å². The summed E-state index contributed by atoms with van der Waals surface area (Å²) in [7, 11) is 0. The topological polar surface area (TPSA) is 29.3 Å². The molecular formula is C11H16N2. The highest BCUT2D eigenvalue weighted by molar-refractivity contribution is 5.22. The average Bonchev–Trinajstić information content (AvgIpc) is 2.12. The molecule has 2 heteroatoms. The van der Waals surface area contributed by atoms with Gasteiger partial charge in [0.05, 0.1) is 0 Å².